The number of rotatable bonds is 4. The number of aryl methyl sites for hydroxylation is 1. The van der Waals surface area contributed by atoms with Crippen LogP contribution in [-0.4, -0.2) is 43.0 Å². The Morgan fingerprint density at radius 2 is 1.79 bits per heavy atom. The summed E-state index contributed by atoms with van der Waals surface area (Å²) >= 11 is 0. The molecule has 19 heavy (non-hydrogen) atoms. The molecule has 102 valence electrons. The van der Waals surface area contributed by atoms with Crippen LogP contribution in [0.1, 0.15) is 22.3 Å². The summed E-state index contributed by atoms with van der Waals surface area (Å²) in [6, 6.07) is 7.34. The summed E-state index contributed by atoms with van der Waals surface area (Å²) in [6.07, 6.45) is 0.943. The molecule has 1 heterocycles. The molecular formula is C14H18N2O3. The number of hydrogen-bond donors (Lipinski definition) is 1. The Morgan fingerprint density at radius 3 is 2.37 bits per heavy atom. The molecule has 0 unspecified atom stereocenters. The van der Waals surface area contributed by atoms with Crippen LogP contribution in [-0.2, 0) is 16.0 Å². The molecule has 0 atom stereocenters. The van der Waals surface area contributed by atoms with Crippen LogP contribution in [0.15, 0.2) is 24.3 Å². The number of benzene rings is 1. The Hall–Kier alpha value is -1.88. The average molecular weight is 262 g/mol. The van der Waals surface area contributed by atoms with Gasteiger partial charge >= 0.3 is 0 Å². The maximum atomic E-state index is 12.2. The van der Waals surface area contributed by atoms with Gasteiger partial charge in [-0.1, -0.05) is 12.1 Å². The molecule has 2 amide bonds. The van der Waals surface area contributed by atoms with Crippen molar-refractivity contribution >= 4 is 11.8 Å². The Morgan fingerprint density at radius 1 is 1.16 bits per heavy atom. The lowest BCUT2D eigenvalue weighted by Gasteiger charge is -2.26. The molecule has 0 aromatic heterocycles. The van der Waals surface area contributed by atoms with Crippen LogP contribution in [0.2, 0.25) is 0 Å². The van der Waals surface area contributed by atoms with Gasteiger partial charge in [-0.25, -0.2) is 0 Å². The Balaban J connectivity index is 1.97. The molecule has 5 heteroatoms. The highest BCUT2D eigenvalue weighted by Crippen LogP contribution is 2.10. The van der Waals surface area contributed by atoms with Crippen molar-refractivity contribution in [3.8, 4) is 0 Å². The zero-order valence-electron chi connectivity index (χ0n) is 10.8. The fourth-order valence-corrected chi connectivity index (χ4v) is 2.03. The fourth-order valence-electron chi connectivity index (χ4n) is 2.03. The maximum absolute atomic E-state index is 12.2. The van der Waals surface area contributed by atoms with Gasteiger partial charge in [0.1, 0.15) is 0 Å². The predicted octanol–water partition coefficient (Wildman–Crippen LogP) is 0.577. The number of hydrogen-bond acceptors (Lipinski definition) is 3. The Kier molecular flexibility index (Phi) is 4.52. The van der Waals surface area contributed by atoms with Gasteiger partial charge < -0.3 is 15.4 Å². The van der Waals surface area contributed by atoms with E-state index in [2.05, 4.69) is 0 Å². The molecule has 1 saturated heterocycles. The van der Waals surface area contributed by atoms with E-state index in [1.54, 1.807) is 17.0 Å². The second-order valence-corrected chi connectivity index (χ2v) is 4.57. The molecule has 0 aliphatic carbocycles. The number of primary amides is 1. The minimum Gasteiger partial charge on any atom is -0.378 e. The Labute approximate surface area is 112 Å². The fraction of sp³-hybridized carbons (Fsp3) is 0.429. The third-order valence-corrected chi connectivity index (χ3v) is 3.16. The number of nitrogens with two attached hydrogens (primary N) is 1. The van der Waals surface area contributed by atoms with Crippen molar-refractivity contribution in [1.29, 1.82) is 0 Å². The van der Waals surface area contributed by atoms with Crippen LogP contribution in [0.25, 0.3) is 0 Å². The van der Waals surface area contributed by atoms with Gasteiger partial charge in [0.15, 0.2) is 0 Å². The molecule has 0 bridgehead atoms. The van der Waals surface area contributed by atoms with Gasteiger partial charge in [-0.3, -0.25) is 9.59 Å². The first-order chi connectivity index (χ1) is 9.16. The highest BCUT2D eigenvalue weighted by molar-refractivity contribution is 5.94. The van der Waals surface area contributed by atoms with Crippen LogP contribution >= 0.6 is 0 Å². The predicted molar refractivity (Wildman–Crippen MR) is 70.7 cm³/mol. The smallest absolute Gasteiger partial charge is 0.254 e. The van der Waals surface area contributed by atoms with Gasteiger partial charge in [-0.15, -0.1) is 0 Å². The normalized spacial score (nSPS) is 15.3. The molecule has 0 radical (unpaired) electrons. The number of amides is 2. The lowest BCUT2D eigenvalue weighted by atomic mass is 10.1. The number of morpholine rings is 1. The van der Waals surface area contributed by atoms with E-state index in [-0.39, 0.29) is 11.8 Å². The van der Waals surface area contributed by atoms with Crippen molar-refractivity contribution in [2.75, 3.05) is 26.3 Å². The van der Waals surface area contributed by atoms with E-state index in [0.29, 0.717) is 44.7 Å². The van der Waals surface area contributed by atoms with E-state index in [0.717, 1.165) is 5.56 Å². The van der Waals surface area contributed by atoms with Gasteiger partial charge in [0.2, 0.25) is 5.91 Å². The van der Waals surface area contributed by atoms with Crippen LogP contribution in [0.4, 0.5) is 0 Å². The zero-order chi connectivity index (χ0) is 13.7. The molecule has 2 N–H and O–H groups in total. The largest absolute Gasteiger partial charge is 0.378 e. The number of carbonyl (C=O) groups excluding carboxylic acids is 2. The average Bonchev–Trinajstić information content (AvgIpc) is 2.46. The van der Waals surface area contributed by atoms with E-state index in [9.17, 15) is 9.59 Å². The second-order valence-electron chi connectivity index (χ2n) is 4.57. The summed E-state index contributed by atoms with van der Waals surface area (Å²) in [4.78, 5) is 24.7. The van der Waals surface area contributed by atoms with E-state index in [4.69, 9.17) is 10.5 Å². The monoisotopic (exact) mass is 262 g/mol. The first-order valence-electron chi connectivity index (χ1n) is 6.41. The summed E-state index contributed by atoms with van der Waals surface area (Å²) in [5, 5.41) is 0. The van der Waals surface area contributed by atoms with Crippen molar-refractivity contribution in [2.45, 2.75) is 12.8 Å². The molecule has 1 aromatic carbocycles. The molecule has 1 aliphatic rings. The molecule has 1 aliphatic heterocycles. The molecule has 1 aromatic rings. The summed E-state index contributed by atoms with van der Waals surface area (Å²) in [5.41, 5.74) is 6.79. The highest BCUT2D eigenvalue weighted by atomic mass is 16.5. The maximum Gasteiger partial charge on any atom is 0.254 e. The SMILES string of the molecule is NC(=O)CCc1ccc(C(=O)N2CCOCC2)cc1. The first kappa shape index (κ1) is 13.5. The van der Waals surface area contributed by atoms with Crippen molar-refractivity contribution in [3.05, 3.63) is 35.4 Å². The standard InChI is InChI=1S/C14H18N2O3/c15-13(17)6-3-11-1-4-12(5-2-11)14(18)16-7-9-19-10-8-16/h1-2,4-5H,3,6-10H2,(H2,15,17). The third-order valence-electron chi connectivity index (χ3n) is 3.16. The van der Waals surface area contributed by atoms with Gasteiger partial charge in [0, 0.05) is 25.1 Å². The van der Waals surface area contributed by atoms with E-state index < -0.39 is 0 Å². The third kappa shape index (κ3) is 3.79. The molecule has 5 nitrogen and oxygen atoms in total. The van der Waals surface area contributed by atoms with Crippen molar-refractivity contribution in [3.63, 3.8) is 0 Å². The summed E-state index contributed by atoms with van der Waals surface area (Å²) in [7, 11) is 0. The van der Waals surface area contributed by atoms with Gasteiger partial charge in [-0.05, 0) is 24.1 Å². The summed E-state index contributed by atoms with van der Waals surface area (Å²) < 4.78 is 5.22. The van der Waals surface area contributed by atoms with Gasteiger partial charge in [0.05, 0.1) is 13.2 Å². The van der Waals surface area contributed by atoms with Gasteiger partial charge in [0.25, 0.3) is 5.91 Å². The zero-order valence-corrected chi connectivity index (χ0v) is 10.8. The quantitative estimate of drug-likeness (QED) is 0.862. The lowest BCUT2D eigenvalue weighted by molar-refractivity contribution is -0.117. The van der Waals surface area contributed by atoms with Crippen LogP contribution in [0.5, 0.6) is 0 Å². The van der Waals surface area contributed by atoms with E-state index >= 15 is 0 Å². The second kappa shape index (κ2) is 6.33. The number of carbonyl (C=O) groups is 2. The van der Waals surface area contributed by atoms with Crippen LogP contribution < -0.4 is 5.73 Å². The van der Waals surface area contributed by atoms with Crippen LogP contribution in [0, 0.1) is 0 Å². The van der Waals surface area contributed by atoms with Crippen LogP contribution in [0.3, 0.4) is 0 Å². The lowest BCUT2D eigenvalue weighted by Crippen LogP contribution is -2.40. The topological polar surface area (TPSA) is 72.6 Å². The highest BCUT2D eigenvalue weighted by Gasteiger charge is 2.18. The molecule has 2 rings (SSSR count). The molecule has 1 fully saturated rings. The first-order valence-corrected chi connectivity index (χ1v) is 6.41. The van der Waals surface area contributed by atoms with Crippen molar-refractivity contribution < 1.29 is 14.3 Å². The minimum absolute atomic E-state index is 0.0322. The molecule has 0 spiro atoms. The van der Waals surface area contributed by atoms with Gasteiger partial charge in [-0.2, -0.15) is 0 Å². The molecule has 0 saturated carbocycles. The Bertz CT molecular complexity index is 450. The summed E-state index contributed by atoms with van der Waals surface area (Å²) in [6.45, 7) is 2.48. The number of ether oxygens (including phenoxy) is 1. The molecular weight excluding hydrogens is 244 g/mol. The van der Waals surface area contributed by atoms with E-state index in [1.807, 2.05) is 12.1 Å². The van der Waals surface area contributed by atoms with Crippen molar-refractivity contribution in [1.82, 2.24) is 4.90 Å². The van der Waals surface area contributed by atoms with E-state index in [1.165, 1.54) is 0 Å². The van der Waals surface area contributed by atoms with Crippen molar-refractivity contribution in [2.24, 2.45) is 5.73 Å². The summed E-state index contributed by atoms with van der Waals surface area (Å²) in [5.74, 6) is -0.279. The minimum atomic E-state index is -0.312. The number of nitrogens with zero attached hydrogens (tertiary/aromatic N) is 1.